The summed E-state index contributed by atoms with van der Waals surface area (Å²) in [6, 6.07) is 7.01. The van der Waals surface area contributed by atoms with E-state index in [1.54, 1.807) is 6.07 Å². The van der Waals surface area contributed by atoms with Gasteiger partial charge < -0.3 is 0 Å². The first kappa shape index (κ1) is 5.84. The molecule has 0 bridgehead atoms. The van der Waals surface area contributed by atoms with Crippen LogP contribution < -0.4 is 0 Å². The summed E-state index contributed by atoms with van der Waals surface area (Å²) in [4.78, 5) is 0. The average Bonchev–Trinajstić information content (AvgIpc) is 1.89. The monoisotopic (exact) mass is 119 g/mol. The van der Waals surface area contributed by atoms with Gasteiger partial charge in [-0.2, -0.15) is 0 Å². The van der Waals surface area contributed by atoms with Gasteiger partial charge in [0.25, 0.3) is 0 Å². The van der Waals surface area contributed by atoms with Gasteiger partial charge in [-0.15, -0.1) is 6.42 Å². The van der Waals surface area contributed by atoms with Gasteiger partial charge in [0.05, 0.1) is 5.56 Å². The van der Waals surface area contributed by atoms with Crippen LogP contribution in [0.3, 0.4) is 0 Å². The molecule has 0 unspecified atom stereocenters. The van der Waals surface area contributed by atoms with Crippen LogP contribution in [0.15, 0.2) is 18.2 Å². The summed E-state index contributed by atoms with van der Waals surface area (Å²) in [5.41, 5.74) is 0.262. The third kappa shape index (κ3) is 1.09. The van der Waals surface area contributed by atoms with Crippen molar-refractivity contribution < 1.29 is 4.39 Å². The molecule has 43 valence electrons. The Morgan fingerprint density at radius 2 is 2.44 bits per heavy atom. The van der Waals surface area contributed by atoms with E-state index in [2.05, 4.69) is 12.0 Å². The third-order valence-corrected chi connectivity index (χ3v) is 0.961. The van der Waals surface area contributed by atoms with Gasteiger partial charge in [-0.1, -0.05) is 18.1 Å². The molecule has 0 aliphatic heterocycles. The maximum Gasteiger partial charge on any atom is 0.146 e. The summed E-state index contributed by atoms with van der Waals surface area (Å²) in [6.07, 6.45) is 4.94. The Kier molecular flexibility index (Phi) is 1.51. The van der Waals surface area contributed by atoms with Crippen molar-refractivity contribution in [1.29, 1.82) is 0 Å². The molecular formula is C8H4F. The van der Waals surface area contributed by atoms with E-state index >= 15 is 0 Å². The van der Waals surface area contributed by atoms with Gasteiger partial charge in [0.2, 0.25) is 0 Å². The second kappa shape index (κ2) is 2.32. The number of benzene rings is 1. The molecule has 0 N–H and O–H groups in total. The Morgan fingerprint density at radius 3 is 2.89 bits per heavy atom. The lowest BCUT2D eigenvalue weighted by atomic mass is 10.2. The van der Waals surface area contributed by atoms with E-state index in [1.807, 2.05) is 0 Å². The van der Waals surface area contributed by atoms with E-state index in [1.165, 1.54) is 12.1 Å². The SMILES string of the molecule is C#Cc1ccc[c]c1F. The highest BCUT2D eigenvalue weighted by Crippen LogP contribution is 2.01. The standard InChI is InChI=1S/C8H4F/c1-2-7-5-3-4-6-8(7)9/h1,3-5H. The highest BCUT2D eigenvalue weighted by Gasteiger charge is 1.93. The highest BCUT2D eigenvalue weighted by molar-refractivity contribution is 5.32. The average molecular weight is 119 g/mol. The minimum Gasteiger partial charge on any atom is -0.205 e. The minimum absolute atomic E-state index is 0.262. The molecular weight excluding hydrogens is 115 g/mol. The van der Waals surface area contributed by atoms with Crippen LogP contribution in [-0.4, -0.2) is 0 Å². The van der Waals surface area contributed by atoms with Gasteiger partial charge in [-0.3, -0.25) is 0 Å². The molecule has 1 aromatic rings. The number of hydrogen-bond acceptors (Lipinski definition) is 0. The van der Waals surface area contributed by atoms with Crippen molar-refractivity contribution in [2.24, 2.45) is 0 Å². The zero-order valence-corrected chi connectivity index (χ0v) is 4.69. The molecule has 1 heteroatoms. The summed E-state index contributed by atoms with van der Waals surface area (Å²) < 4.78 is 12.4. The van der Waals surface area contributed by atoms with E-state index < -0.39 is 5.82 Å². The summed E-state index contributed by atoms with van der Waals surface area (Å²) in [6.45, 7) is 0. The van der Waals surface area contributed by atoms with E-state index in [0.29, 0.717) is 0 Å². The number of hydrogen-bond donors (Lipinski definition) is 0. The van der Waals surface area contributed by atoms with Crippen molar-refractivity contribution in [2.45, 2.75) is 0 Å². The van der Waals surface area contributed by atoms with Gasteiger partial charge in [0.1, 0.15) is 5.82 Å². The predicted molar refractivity (Wildman–Crippen MR) is 33.2 cm³/mol. The van der Waals surface area contributed by atoms with Gasteiger partial charge in [-0.25, -0.2) is 4.39 Å². The lowest BCUT2D eigenvalue weighted by Crippen LogP contribution is -1.79. The molecule has 0 nitrogen and oxygen atoms in total. The van der Waals surface area contributed by atoms with E-state index in [-0.39, 0.29) is 5.56 Å². The molecule has 0 saturated carbocycles. The van der Waals surface area contributed by atoms with E-state index in [9.17, 15) is 4.39 Å². The van der Waals surface area contributed by atoms with Crippen LogP contribution in [-0.2, 0) is 0 Å². The van der Waals surface area contributed by atoms with Gasteiger partial charge >= 0.3 is 0 Å². The molecule has 0 atom stereocenters. The number of terminal acetylenes is 1. The molecule has 9 heavy (non-hydrogen) atoms. The van der Waals surface area contributed by atoms with Crippen molar-refractivity contribution in [2.75, 3.05) is 0 Å². The van der Waals surface area contributed by atoms with Gasteiger partial charge in [0.15, 0.2) is 0 Å². The Bertz CT molecular complexity index is 245. The maximum atomic E-state index is 12.4. The quantitative estimate of drug-likeness (QED) is 0.455. The summed E-state index contributed by atoms with van der Waals surface area (Å²) in [5.74, 6) is 1.73. The second-order valence-corrected chi connectivity index (χ2v) is 1.54. The van der Waals surface area contributed by atoms with Crippen LogP contribution in [0.25, 0.3) is 0 Å². The topological polar surface area (TPSA) is 0 Å². The Hall–Kier alpha value is -1.29. The summed E-state index contributed by atoms with van der Waals surface area (Å²) >= 11 is 0. The first-order valence-corrected chi connectivity index (χ1v) is 2.47. The fraction of sp³-hybridized carbons (Fsp3) is 0. The molecule has 0 aromatic heterocycles. The zero-order chi connectivity index (χ0) is 6.69. The fourth-order valence-corrected chi connectivity index (χ4v) is 0.528. The number of rotatable bonds is 0. The molecule has 0 fully saturated rings. The van der Waals surface area contributed by atoms with Crippen LogP contribution in [0.5, 0.6) is 0 Å². The van der Waals surface area contributed by atoms with Crippen LogP contribution >= 0.6 is 0 Å². The van der Waals surface area contributed by atoms with Crippen LogP contribution in [0.1, 0.15) is 5.56 Å². The van der Waals surface area contributed by atoms with Crippen LogP contribution in [0.2, 0.25) is 0 Å². The molecule has 1 aromatic carbocycles. The Balaban J connectivity index is 3.20. The van der Waals surface area contributed by atoms with Crippen molar-refractivity contribution in [1.82, 2.24) is 0 Å². The number of halogens is 1. The normalized spacial score (nSPS) is 8.44. The predicted octanol–water partition coefficient (Wildman–Crippen LogP) is 1.61. The van der Waals surface area contributed by atoms with Gasteiger partial charge in [0, 0.05) is 6.07 Å². The van der Waals surface area contributed by atoms with Crippen molar-refractivity contribution >= 4 is 0 Å². The molecule has 0 amide bonds. The minimum atomic E-state index is -0.458. The molecule has 0 spiro atoms. The molecule has 1 rings (SSSR count). The Labute approximate surface area is 53.3 Å². The molecule has 1 radical (unpaired) electrons. The lowest BCUT2D eigenvalue weighted by molar-refractivity contribution is 0.622. The maximum absolute atomic E-state index is 12.4. The fourth-order valence-electron chi connectivity index (χ4n) is 0.528. The first-order valence-electron chi connectivity index (χ1n) is 2.47. The molecule has 0 aliphatic rings. The Morgan fingerprint density at radius 1 is 1.67 bits per heavy atom. The smallest absolute Gasteiger partial charge is 0.146 e. The van der Waals surface area contributed by atoms with Gasteiger partial charge in [-0.05, 0) is 6.07 Å². The summed E-state index contributed by atoms with van der Waals surface area (Å²) in [5, 5.41) is 0. The van der Waals surface area contributed by atoms with E-state index in [4.69, 9.17) is 6.42 Å². The van der Waals surface area contributed by atoms with E-state index in [0.717, 1.165) is 0 Å². The highest BCUT2D eigenvalue weighted by atomic mass is 19.1. The first-order chi connectivity index (χ1) is 4.34. The van der Waals surface area contributed by atoms with Crippen molar-refractivity contribution in [3.8, 4) is 12.3 Å². The molecule has 0 aliphatic carbocycles. The van der Waals surface area contributed by atoms with Crippen molar-refractivity contribution in [3.63, 3.8) is 0 Å². The van der Waals surface area contributed by atoms with Crippen LogP contribution in [0.4, 0.5) is 4.39 Å². The zero-order valence-electron chi connectivity index (χ0n) is 4.69. The largest absolute Gasteiger partial charge is 0.205 e. The second-order valence-electron chi connectivity index (χ2n) is 1.54. The summed E-state index contributed by atoms with van der Waals surface area (Å²) in [7, 11) is 0. The molecule has 0 heterocycles. The third-order valence-electron chi connectivity index (χ3n) is 0.961. The molecule has 0 saturated heterocycles. The lowest BCUT2D eigenvalue weighted by Gasteiger charge is -1.88. The van der Waals surface area contributed by atoms with Crippen LogP contribution in [0, 0.1) is 24.2 Å². The van der Waals surface area contributed by atoms with Crippen molar-refractivity contribution in [3.05, 3.63) is 35.6 Å².